The van der Waals surface area contributed by atoms with Gasteiger partial charge in [-0.15, -0.1) is 0 Å². The first-order valence-corrected chi connectivity index (χ1v) is 12.2. The van der Waals surface area contributed by atoms with Crippen molar-refractivity contribution in [2.24, 2.45) is 5.73 Å². The zero-order valence-corrected chi connectivity index (χ0v) is 20.1. The molecular formula is C23H28N4O6S. The Morgan fingerprint density at radius 3 is 2.24 bits per heavy atom. The molecule has 10 nitrogen and oxygen atoms in total. The minimum atomic E-state index is -3.77. The monoisotopic (exact) mass is 488 g/mol. The quantitative estimate of drug-likeness (QED) is 0.540. The highest BCUT2D eigenvalue weighted by molar-refractivity contribution is 7.89. The summed E-state index contributed by atoms with van der Waals surface area (Å²) in [5.41, 5.74) is 6.54. The van der Waals surface area contributed by atoms with Crippen LogP contribution in [0.4, 0.5) is 11.4 Å². The molecule has 3 rings (SSSR count). The number of nitrogens with one attached hydrogen (secondary N) is 1. The number of hydrogen-bond donors (Lipinski definition) is 2. The number of nitrogens with zero attached hydrogens (tertiary/aromatic N) is 2. The Kier molecular flexibility index (Phi) is 7.57. The van der Waals surface area contributed by atoms with E-state index in [1.165, 1.54) is 57.4 Å². The maximum Gasteiger partial charge on any atom is 0.341 e. The van der Waals surface area contributed by atoms with Gasteiger partial charge in [-0.05, 0) is 62.2 Å². The van der Waals surface area contributed by atoms with E-state index in [9.17, 15) is 22.8 Å². The average Bonchev–Trinajstić information content (AvgIpc) is 3.33. The standard InChI is InChI=1S/C23H28N4O6S/c1-15(22(29)25-17-8-6-16(7-9-17)21(24)28)33-23(30)19-14-18(34(31,32)26(2)3)10-11-20(19)27-12-4-5-13-27/h6-11,14-15H,4-5,12-13H2,1-3H3,(H2,24,28)(H,25,29)/t15-/m0/s1. The van der Waals surface area contributed by atoms with Crippen molar-refractivity contribution >= 4 is 39.2 Å². The van der Waals surface area contributed by atoms with Gasteiger partial charge in [0, 0.05) is 38.4 Å². The molecular weight excluding hydrogens is 460 g/mol. The summed E-state index contributed by atoms with van der Waals surface area (Å²) in [6, 6.07) is 10.3. The number of hydrogen-bond acceptors (Lipinski definition) is 7. The summed E-state index contributed by atoms with van der Waals surface area (Å²) in [4.78, 5) is 38.8. The molecule has 2 aromatic carbocycles. The van der Waals surface area contributed by atoms with Crippen LogP contribution in [-0.2, 0) is 19.6 Å². The maximum atomic E-state index is 13.1. The van der Waals surface area contributed by atoms with Crippen LogP contribution in [0, 0.1) is 0 Å². The molecule has 0 bridgehead atoms. The van der Waals surface area contributed by atoms with Crippen LogP contribution in [0.2, 0.25) is 0 Å². The fourth-order valence-electron chi connectivity index (χ4n) is 3.52. The SMILES string of the molecule is C[C@H](OC(=O)c1cc(S(=O)(=O)N(C)C)ccc1N1CCCC1)C(=O)Nc1ccc(C(N)=O)cc1. The number of esters is 1. The van der Waals surface area contributed by atoms with Crippen molar-refractivity contribution in [1.82, 2.24) is 4.31 Å². The predicted octanol–water partition coefficient (Wildman–Crippen LogP) is 1.82. The number of anilines is 2. The summed E-state index contributed by atoms with van der Waals surface area (Å²) in [5, 5.41) is 2.60. The average molecular weight is 489 g/mol. The Hall–Kier alpha value is -3.44. The molecule has 1 saturated heterocycles. The fourth-order valence-corrected chi connectivity index (χ4v) is 4.45. The highest BCUT2D eigenvalue weighted by Gasteiger charge is 2.27. The van der Waals surface area contributed by atoms with E-state index in [1.54, 1.807) is 6.07 Å². The van der Waals surface area contributed by atoms with E-state index in [0.717, 1.165) is 30.2 Å². The highest BCUT2D eigenvalue weighted by Crippen LogP contribution is 2.29. The van der Waals surface area contributed by atoms with Crippen molar-refractivity contribution in [3.63, 3.8) is 0 Å². The molecule has 182 valence electrons. The van der Waals surface area contributed by atoms with Crippen molar-refractivity contribution in [3.8, 4) is 0 Å². The second-order valence-corrected chi connectivity index (χ2v) is 10.3. The number of sulfonamides is 1. The van der Waals surface area contributed by atoms with Gasteiger partial charge in [0.2, 0.25) is 15.9 Å². The molecule has 34 heavy (non-hydrogen) atoms. The van der Waals surface area contributed by atoms with Gasteiger partial charge >= 0.3 is 5.97 Å². The third kappa shape index (κ3) is 5.54. The first-order valence-electron chi connectivity index (χ1n) is 10.7. The molecule has 1 heterocycles. The number of rotatable bonds is 8. The number of carbonyl (C=O) groups excluding carboxylic acids is 3. The molecule has 0 radical (unpaired) electrons. The van der Waals surface area contributed by atoms with Gasteiger partial charge in [-0.2, -0.15) is 0 Å². The summed E-state index contributed by atoms with van der Waals surface area (Å²) in [5.74, 6) is -1.98. The van der Waals surface area contributed by atoms with Crippen LogP contribution in [-0.4, -0.2) is 63.8 Å². The Bertz CT molecular complexity index is 1190. The molecule has 1 aliphatic rings. The Morgan fingerprint density at radius 1 is 1.06 bits per heavy atom. The van der Waals surface area contributed by atoms with E-state index in [4.69, 9.17) is 10.5 Å². The van der Waals surface area contributed by atoms with Crippen LogP contribution < -0.4 is 16.0 Å². The van der Waals surface area contributed by atoms with Crippen molar-refractivity contribution in [1.29, 1.82) is 0 Å². The van der Waals surface area contributed by atoms with E-state index in [-0.39, 0.29) is 10.5 Å². The van der Waals surface area contributed by atoms with E-state index < -0.39 is 33.9 Å². The summed E-state index contributed by atoms with van der Waals surface area (Å²) >= 11 is 0. The van der Waals surface area contributed by atoms with Crippen molar-refractivity contribution in [2.75, 3.05) is 37.4 Å². The van der Waals surface area contributed by atoms with Gasteiger partial charge in [0.15, 0.2) is 6.10 Å². The van der Waals surface area contributed by atoms with Crippen LogP contribution in [0.1, 0.15) is 40.5 Å². The molecule has 0 spiro atoms. The number of amides is 2. The number of nitrogens with two attached hydrogens (primary N) is 1. The van der Waals surface area contributed by atoms with Crippen molar-refractivity contribution in [2.45, 2.75) is 30.8 Å². The Balaban J connectivity index is 1.81. The highest BCUT2D eigenvalue weighted by atomic mass is 32.2. The zero-order chi connectivity index (χ0) is 25.0. The van der Waals surface area contributed by atoms with Crippen LogP contribution in [0.15, 0.2) is 47.4 Å². The molecule has 1 atom stereocenters. The minimum absolute atomic E-state index is 0.0426. The predicted molar refractivity (Wildman–Crippen MR) is 127 cm³/mol. The fraction of sp³-hybridized carbons (Fsp3) is 0.348. The third-order valence-corrected chi connectivity index (χ3v) is 7.31. The summed E-state index contributed by atoms with van der Waals surface area (Å²) < 4.78 is 31.7. The number of carbonyl (C=O) groups is 3. The minimum Gasteiger partial charge on any atom is -0.449 e. The lowest BCUT2D eigenvalue weighted by Gasteiger charge is -2.23. The van der Waals surface area contributed by atoms with Gasteiger partial charge in [-0.25, -0.2) is 17.5 Å². The van der Waals surface area contributed by atoms with Gasteiger partial charge in [0.1, 0.15) is 0 Å². The molecule has 11 heteroatoms. The van der Waals surface area contributed by atoms with Gasteiger partial charge in [0.25, 0.3) is 5.91 Å². The van der Waals surface area contributed by atoms with E-state index in [2.05, 4.69) is 5.32 Å². The summed E-state index contributed by atoms with van der Waals surface area (Å²) in [6.45, 7) is 2.88. The van der Waals surface area contributed by atoms with Crippen LogP contribution in [0.25, 0.3) is 0 Å². The number of ether oxygens (including phenoxy) is 1. The zero-order valence-electron chi connectivity index (χ0n) is 19.3. The Labute approximate surface area is 198 Å². The largest absolute Gasteiger partial charge is 0.449 e. The molecule has 0 aromatic heterocycles. The summed E-state index contributed by atoms with van der Waals surface area (Å²) in [6.07, 6.45) is 0.753. The van der Waals surface area contributed by atoms with Crippen molar-refractivity contribution in [3.05, 3.63) is 53.6 Å². The van der Waals surface area contributed by atoms with E-state index in [0.29, 0.717) is 16.9 Å². The molecule has 3 N–H and O–H groups in total. The third-order valence-electron chi connectivity index (χ3n) is 5.50. The lowest BCUT2D eigenvalue weighted by molar-refractivity contribution is -0.123. The van der Waals surface area contributed by atoms with Crippen LogP contribution in [0.5, 0.6) is 0 Å². The Morgan fingerprint density at radius 2 is 1.68 bits per heavy atom. The molecule has 0 saturated carbocycles. The molecule has 2 aromatic rings. The first kappa shape index (κ1) is 25.2. The van der Waals surface area contributed by atoms with Gasteiger partial charge < -0.3 is 20.7 Å². The van der Waals surface area contributed by atoms with Crippen LogP contribution >= 0.6 is 0 Å². The first-order chi connectivity index (χ1) is 16.0. The van der Waals surface area contributed by atoms with E-state index >= 15 is 0 Å². The smallest absolute Gasteiger partial charge is 0.341 e. The molecule has 1 fully saturated rings. The lowest BCUT2D eigenvalue weighted by Crippen LogP contribution is -2.31. The maximum absolute atomic E-state index is 13.1. The topological polar surface area (TPSA) is 139 Å². The number of primary amides is 1. The molecule has 0 aliphatic carbocycles. The second kappa shape index (κ2) is 10.2. The van der Waals surface area contributed by atoms with Crippen molar-refractivity contribution < 1.29 is 27.5 Å². The van der Waals surface area contributed by atoms with Gasteiger partial charge in [-0.1, -0.05) is 0 Å². The lowest BCUT2D eigenvalue weighted by atomic mass is 10.1. The van der Waals surface area contributed by atoms with Gasteiger partial charge in [-0.3, -0.25) is 9.59 Å². The second-order valence-electron chi connectivity index (χ2n) is 8.14. The van der Waals surface area contributed by atoms with Gasteiger partial charge in [0.05, 0.1) is 16.1 Å². The van der Waals surface area contributed by atoms with E-state index in [1.807, 2.05) is 4.90 Å². The molecule has 0 unspecified atom stereocenters. The molecule has 1 aliphatic heterocycles. The van der Waals surface area contributed by atoms with Crippen LogP contribution in [0.3, 0.4) is 0 Å². The number of benzene rings is 2. The summed E-state index contributed by atoms with van der Waals surface area (Å²) in [7, 11) is -0.960. The molecule has 2 amide bonds. The normalized spacial score (nSPS) is 14.6.